The van der Waals surface area contributed by atoms with Gasteiger partial charge in [0.15, 0.2) is 0 Å². The van der Waals surface area contributed by atoms with Crippen LogP contribution in [0.5, 0.6) is 0 Å². The number of benzene rings is 1. The molecule has 1 aliphatic rings. The van der Waals surface area contributed by atoms with Gasteiger partial charge < -0.3 is 20.2 Å². The Hall–Kier alpha value is -2.73. The Kier molecular flexibility index (Phi) is 8.75. The van der Waals surface area contributed by atoms with Crippen molar-refractivity contribution in [3.63, 3.8) is 0 Å². The molecule has 0 radical (unpaired) electrons. The van der Waals surface area contributed by atoms with Crippen LogP contribution < -0.4 is 10.2 Å². The molecule has 1 saturated heterocycles. The Labute approximate surface area is 187 Å². The van der Waals surface area contributed by atoms with Crippen LogP contribution >= 0.6 is 11.8 Å². The van der Waals surface area contributed by atoms with Crippen LogP contribution in [0.25, 0.3) is 0 Å². The molecule has 168 valence electrons. The van der Waals surface area contributed by atoms with Crippen LogP contribution in [0.15, 0.2) is 24.3 Å². The van der Waals surface area contributed by atoms with E-state index in [4.69, 9.17) is 10.4 Å². The van der Waals surface area contributed by atoms with Gasteiger partial charge in [0.2, 0.25) is 11.8 Å². The number of nitriles is 1. The molecule has 1 fully saturated rings. The van der Waals surface area contributed by atoms with E-state index in [2.05, 4.69) is 5.32 Å². The van der Waals surface area contributed by atoms with Crippen LogP contribution in [0.1, 0.15) is 33.6 Å². The lowest BCUT2D eigenvalue weighted by molar-refractivity contribution is -0.141. The maximum atomic E-state index is 12.7. The highest BCUT2D eigenvalue weighted by Gasteiger charge is 2.40. The van der Waals surface area contributed by atoms with Gasteiger partial charge in [0.1, 0.15) is 5.92 Å². The lowest BCUT2D eigenvalue weighted by atomic mass is 10.1. The van der Waals surface area contributed by atoms with Crippen LogP contribution in [0.2, 0.25) is 0 Å². The van der Waals surface area contributed by atoms with Gasteiger partial charge in [-0.3, -0.25) is 14.4 Å². The molecule has 8 nitrogen and oxygen atoms in total. The van der Waals surface area contributed by atoms with Crippen molar-refractivity contribution in [3.05, 3.63) is 24.3 Å². The highest BCUT2D eigenvalue weighted by atomic mass is 32.2. The fourth-order valence-corrected chi connectivity index (χ4v) is 5.07. The zero-order valence-corrected chi connectivity index (χ0v) is 19.2. The smallest absolute Gasteiger partial charge is 0.321 e. The molecule has 1 heterocycles. The van der Waals surface area contributed by atoms with E-state index in [9.17, 15) is 14.4 Å². The molecule has 2 rings (SSSR count). The van der Waals surface area contributed by atoms with Crippen LogP contribution in [-0.4, -0.2) is 58.6 Å². The standard InChI is InChI=1S/C22H30N4O4S/c1-5-26-19(11-15(13-23)22(29)30)31-18(21(26)28)9-10-24-16-7-6-8-17(12-16)25(4)20(27)14(2)3/h6-8,12,14-15,18-19,24H,5,9-11H2,1-4H3,(H,29,30). The molecule has 1 aliphatic heterocycles. The third-order valence-corrected chi connectivity index (χ3v) is 6.78. The molecule has 3 unspecified atom stereocenters. The summed E-state index contributed by atoms with van der Waals surface area (Å²) in [6.45, 7) is 6.61. The molecular formula is C22H30N4O4S. The quantitative estimate of drug-likeness (QED) is 0.568. The number of nitrogens with zero attached hydrogens (tertiary/aromatic N) is 3. The second-order valence-corrected chi connectivity index (χ2v) is 9.16. The third kappa shape index (κ3) is 6.14. The molecule has 9 heteroatoms. The fourth-order valence-electron chi connectivity index (χ4n) is 3.48. The largest absolute Gasteiger partial charge is 0.480 e. The van der Waals surface area contributed by atoms with Crippen LogP contribution in [0.3, 0.4) is 0 Å². The number of aliphatic carboxylic acids is 1. The number of amides is 2. The lowest BCUT2D eigenvalue weighted by Crippen LogP contribution is -2.36. The molecule has 0 aliphatic carbocycles. The Morgan fingerprint density at radius 3 is 2.68 bits per heavy atom. The van der Waals surface area contributed by atoms with Gasteiger partial charge in [-0.25, -0.2) is 0 Å². The number of carbonyl (C=O) groups is 3. The van der Waals surface area contributed by atoms with E-state index in [1.165, 1.54) is 11.8 Å². The predicted octanol–water partition coefficient (Wildman–Crippen LogP) is 3.01. The molecule has 1 aromatic carbocycles. The summed E-state index contributed by atoms with van der Waals surface area (Å²) in [5.74, 6) is -2.35. The maximum absolute atomic E-state index is 12.7. The molecule has 2 amide bonds. The van der Waals surface area contributed by atoms with Gasteiger partial charge in [0.05, 0.1) is 16.7 Å². The first-order valence-electron chi connectivity index (χ1n) is 10.4. The van der Waals surface area contributed by atoms with E-state index in [0.717, 1.165) is 11.4 Å². The SMILES string of the molecule is CCN1C(=O)C(CCNc2cccc(N(C)C(=O)C(C)C)c2)SC1CC(C#N)C(=O)O. The van der Waals surface area contributed by atoms with E-state index in [1.54, 1.807) is 22.9 Å². The second-order valence-electron chi connectivity index (χ2n) is 7.78. The Balaban J connectivity index is 1.96. The van der Waals surface area contributed by atoms with Gasteiger partial charge in [0.25, 0.3) is 0 Å². The minimum Gasteiger partial charge on any atom is -0.480 e. The van der Waals surface area contributed by atoms with E-state index >= 15 is 0 Å². The van der Waals surface area contributed by atoms with Crippen molar-refractivity contribution in [2.75, 3.05) is 30.4 Å². The average Bonchev–Trinajstić information content (AvgIpc) is 3.04. The summed E-state index contributed by atoms with van der Waals surface area (Å²) in [6.07, 6.45) is 0.698. The third-order valence-electron chi connectivity index (χ3n) is 5.25. The predicted molar refractivity (Wildman–Crippen MR) is 122 cm³/mol. The Bertz CT molecular complexity index is 854. The minimum atomic E-state index is -1.16. The molecule has 0 bridgehead atoms. The zero-order valence-electron chi connectivity index (χ0n) is 18.4. The molecular weight excluding hydrogens is 416 g/mol. The van der Waals surface area contributed by atoms with Crippen LogP contribution in [0, 0.1) is 23.2 Å². The fraction of sp³-hybridized carbons (Fsp3) is 0.545. The van der Waals surface area contributed by atoms with E-state index in [0.29, 0.717) is 19.5 Å². The number of carboxylic acids is 1. The first-order chi connectivity index (χ1) is 14.7. The van der Waals surface area contributed by atoms with Gasteiger partial charge >= 0.3 is 5.97 Å². The molecule has 1 aromatic rings. The lowest BCUT2D eigenvalue weighted by Gasteiger charge is -2.22. The van der Waals surface area contributed by atoms with Crippen molar-refractivity contribution in [3.8, 4) is 6.07 Å². The number of nitrogens with one attached hydrogen (secondary N) is 1. The molecule has 31 heavy (non-hydrogen) atoms. The summed E-state index contributed by atoms with van der Waals surface area (Å²) < 4.78 is 0. The number of thioether (sulfide) groups is 1. The molecule has 0 aromatic heterocycles. The van der Waals surface area contributed by atoms with E-state index in [-0.39, 0.29) is 34.8 Å². The van der Waals surface area contributed by atoms with Crippen molar-refractivity contribution >= 4 is 40.9 Å². The molecule has 3 atom stereocenters. The summed E-state index contributed by atoms with van der Waals surface area (Å²) in [6, 6.07) is 9.36. The monoisotopic (exact) mass is 446 g/mol. The Morgan fingerprint density at radius 1 is 1.39 bits per heavy atom. The van der Waals surface area contributed by atoms with Crippen LogP contribution in [0.4, 0.5) is 11.4 Å². The van der Waals surface area contributed by atoms with Gasteiger partial charge in [0, 0.05) is 43.9 Å². The molecule has 2 N–H and O–H groups in total. The Morgan fingerprint density at radius 2 is 2.10 bits per heavy atom. The van der Waals surface area contributed by atoms with Crippen LogP contribution in [-0.2, 0) is 14.4 Å². The summed E-state index contributed by atoms with van der Waals surface area (Å²) in [5, 5.41) is 20.9. The number of carbonyl (C=O) groups excluding carboxylic acids is 2. The number of anilines is 2. The van der Waals surface area contributed by atoms with Crippen molar-refractivity contribution < 1.29 is 19.5 Å². The summed E-state index contributed by atoms with van der Waals surface area (Å²) in [4.78, 5) is 39.4. The first-order valence-corrected chi connectivity index (χ1v) is 11.3. The topological polar surface area (TPSA) is 114 Å². The number of carboxylic acid groups (broad SMARTS) is 1. The van der Waals surface area contributed by atoms with Crippen molar-refractivity contribution in [1.82, 2.24) is 4.90 Å². The van der Waals surface area contributed by atoms with Crippen molar-refractivity contribution in [1.29, 1.82) is 5.26 Å². The van der Waals surface area contributed by atoms with Gasteiger partial charge in [-0.15, -0.1) is 11.8 Å². The minimum absolute atomic E-state index is 0.0163. The second kappa shape index (κ2) is 11.0. The summed E-state index contributed by atoms with van der Waals surface area (Å²) in [5.41, 5.74) is 1.65. The average molecular weight is 447 g/mol. The van der Waals surface area contributed by atoms with Crippen molar-refractivity contribution in [2.24, 2.45) is 11.8 Å². The van der Waals surface area contributed by atoms with E-state index in [1.807, 2.05) is 45.0 Å². The normalized spacial score (nSPS) is 19.2. The van der Waals surface area contributed by atoms with Crippen molar-refractivity contribution in [2.45, 2.75) is 44.2 Å². The number of rotatable bonds is 10. The highest BCUT2D eigenvalue weighted by molar-refractivity contribution is 8.01. The van der Waals surface area contributed by atoms with Gasteiger partial charge in [-0.2, -0.15) is 5.26 Å². The van der Waals surface area contributed by atoms with E-state index < -0.39 is 11.9 Å². The van der Waals surface area contributed by atoms with Gasteiger partial charge in [-0.1, -0.05) is 19.9 Å². The molecule has 0 saturated carbocycles. The first kappa shape index (κ1) is 24.5. The molecule has 0 spiro atoms. The zero-order chi connectivity index (χ0) is 23.1. The highest BCUT2D eigenvalue weighted by Crippen LogP contribution is 2.37. The summed E-state index contributed by atoms with van der Waals surface area (Å²) >= 11 is 1.43. The summed E-state index contributed by atoms with van der Waals surface area (Å²) in [7, 11) is 1.75. The maximum Gasteiger partial charge on any atom is 0.321 e. The van der Waals surface area contributed by atoms with Gasteiger partial charge in [-0.05, 0) is 31.5 Å². The number of hydrogen-bond donors (Lipinski definition) is 2. The number of hydrogen-bond acceptors (Lipinski definition) is 6.